The van der Waals surface area contributed by atoms with Crippen molar-refractivity contribution in [2.75, 3.05) is 18.0 Å². The van der Waals surface area contributed by atoms with Crippen molar-refractivity contribution in [1.82, 2.24) is 4.72 Å². The Bertz CT molecular complexity index is 926. The zero-order valence-corrected chi connectivity index (χ0v) is 16.9. The summed E-state index contributed by atoms with van der Waals surface area (Å²) in [7, 11) is -3.64. The monoisotopic (exact) mass is 394 g/mol. The van der Waals surface area contributed by atoms with Gasteiger partial charge in [-0.3, -0.25) is 4.79 Å². The highest BCUT2D eigenvalue weighted by Crippen LogP contribution is 2.23. The number of aryl methyl sites for hydroxylation is 3. The molecular weight excluding hydrogens is 372 g/mol. The Morgan fingerprint density at radius 1 is 1.08 bits per heavy atom. The molecule has 2 aromatic rings. The van der Waals surface area contributed by atoms with Crippen LogP contribution in [0.25, 0.3) is 0 Å². The van der Waals surface area contributed by atoms with Crippen molar-refractivity contribution in [3.05, 3.63) is 58.1 Å². The van der Waals surface area contributed by atoms with Crippen molar-refractivity contribution in [2.24, 2.45) is 0 Å². The van der Waals surface area contributed by atoms with Crippen molar-refractivity contribution in [1.29, 1.82) is 0 Å². The molecule has 0 saturated heterocycles. The minimum absolute atomic E-state index is 0.108. The first kappa shape index (κ1) is 20.4. The third-order valence-electron chi connectivity index (χ3n) is 4.08. The summed E-state index contributed by atoms with van der Waals surface area (Å²) in [5.41, 5.74) is 3.26. The molecule has 5 nitrogen and oxygen atoms in total. The van der Waals surface area contributed by atoms with Crippen LogP contribution in [-0.4, -0.2) is 27.4 Å². The van der Waals surface area contributed by atoms with Gasteiger partial charge in [0, 0.05) is 30.7 Å². The summed E-state index contributed by atoms with van der Waals surface area (Å²) in [5.74, 6) is -0.166. The van der Waals surface area contributed by atoms with Crippen LogP contribution in [0.15, 0.2) is 41.3 Å². The second-order valence-corrected chi connectivity index (χ2v) is 8.44. The summed E-state index contributed by atoms with van der Waals surface area (Å²) >= 11 is 5.96. The molecule has 26 heavy (non-hydrogen) atoms. The van der Waals surface area contributed by atoms with Crippen molar-refractivity contribution in [3.63, 3.8) is 0 Å². The number of anilines is 1. The first-order valence-electron chi connectivity index (χ1n) is 8.23. The Balaban J connectivity index is 2.13. The van der Waals surface area contributed by atoms with Gasteiger partial charge < -0.3 is 4.90 Å². The van der Waals surface area contributed by atoms with E-state index in [9.17, 15) is 13.2 Å². The highest BCUT2D eigenvalue weighted by atomic mass is 35.5. The number of amides is 1. The molecule has 0 aliphatic heterocycles. The smallest absolute Gasteiger partial charge is 0.240 e. The van der Waals surface area contributed by atoms with Crippen molar-refractivity contribution < 1.29 is 13.2 Å². The second-order valence-electron chi connectivity index (χ2n) is 6.27. The summed E-state index contributed by atoms with van der Waals surface area (Å²) in [6.45, 7) is 7.32. The standard InChI is InChI=1S/C19H23ClN2O3S/c1-13-5-8-19(15(3)11-13)26(24,25)21-9-10-22(16(4)23)18-7-6-17(20)12-14(18)2/h5-8,11-12,21H,9-10H2,1-4H3. The van der Waals surface area contributed by atoms with E-state index < -0.39 is 10.0 Å². The number of sulfonamides is 1. The molecule has 140 valence electrons. The van der Waals surface area contributed by atoms with Crippen LogP contribution < -0.4 is 9.62 Å². The lowest BCUT2D eigenvalue weighted by Crippen LogP contribution is -2.38. The fourth-order valence-corrected chi connectivity index (χ4v) is 4.31. The first-order valence-corrected chi connectivity index (χ1v) is 10.1. The molecule has 0 atom stereocenters. The van der Waals surface area contributed by atoms with Gasteiger partial charge in [0.2, 0.25) is 15.9 Å². The zero-order valence-electron chi connectivity index (χ0n) is 15.3. The van der Waals surface area contributed by atoms with Gasteiger partial charge in [-0.1, -0.05) is 29.3 Å². The lowest BCUT2D eigenvalue weighted by atomic mass is 10.2. The van der Waals surface area contributed by atoms with E-state index in [0.29, 0.717) is 16.3 Å². The molecule has 0 spiro atoms. The van der Waals surface area contributed by atoms with Crippen molar-refractivity contribution in [3.8, 4) is 0 Å². The third-order valence-corrected chi connectivity index (χ3v) is 5.93. The minimum atomic E-state index is -3.64. The molecule has 0 unspecified atom stereocenters. The number of nitrogens with zero attached hydrogens (tertiary/aromatic N) is 1. The van der Waals surface area contributed by atoms with Crippen LogP contribution in [0.1, 0.15) is 23.6 Å². The minimum Gasteiger partial charge on any atom is -0.311 e. The van der Waals surface area contributed by atoms with Crippen LogP contribution in [0, 0.1) is 20.8 Å². The maximum atomic E-state index is 12.5. The third kappa shape index (κ3) is 4.84. The fraction of sp³-hybridized carbons (Fsp3) is 0.316. The van der Waals surface area contributed by atoms with Gasteiger partial charge >= 0.3 is 0 Å². The van der Waals surface area contributed by atoms with Gasteiger partial charge in [0.05, 0.1) is 4.90 Å². The average molecular weight is 395 g/mol. The first-order chi connectivity index (χ1) is 12.1. The number of benzene rings is 2. The normalized spacial score (nSPS) is 11.4. The lowest BCUT2D eigenvalue weighted by molar-refractivity contribution is -0.116. The van der Waals surface area contributed by atoms with Gasteiger partial charge in [0.25, 0.3) is 0 Å². The zero-order chi connectivity index (χ0) is 19.5. The van der Waals surface area contributed by atoms with Crippen LogP contribution in [0.5, 0.6) is 0 Å². The molecule has 1 N–H and O–H groups in total. The number of halogens is 1. The number of hydrogen-bond acceptors (Lipinski definition) is 3. The predicted octanol–water partition coefficient (Wildman–Crippen LogP) is 3.60. The summed E-state index contributed by atoms with van der Waals surface area (Å²) in [4.78, 5) is 13.8. The summed E-state index contributed by atoms with van der Waals surface area (Å²) in [6, 6.07) is 10.4. The number of carbonyl (C=O) groups is 1. The van der Waals surface area contributed by atoms with E-state index in [-0.39, 0.29) is 23.9 Å². The van der Waals surface area contributed by atoms with Crippen LogP contribution >= 0.6 is 11.6 Å². The molecule has 0 aromatic heterocycles. The molecule has 0 bridgehead atoms. The van der Waals surface area contributed by atoms with Crippen molar-refractivity contribution >= 4 is 33.2 Å². The predicted molar refractivity (Wildman–Crippen MR) is 105 cm³/mol. The summed E-state index contributed by atoms with van der Waals surface area (Å²) in [5, 5.41) is 0.588. The van der Waals surface area contributed by atoms with E-state index in [1.54, 1.807) is 37.3 Å². The molecule has 0 saturated carbocycles. The van der Waals surface area contributed by atoms with Gasteiger partial charge in [0.15, 0.2) is 0 Å². The van der Waals surface area contributed by atoms with E-state index in [1.807, 2.05) is 19.9 Å². The van der Waals surface area contributed by atoms with Gasteiger partial charge in [-0.2, -0.15) is 0 Å². The number of hydrogen-bond donors (Lipinski definition) is 1. The molecule has 2 rings (SSSR count). The average Bonchev–Trinajstić information content (AvgIpc) is 2.51. The van der Waals surface area contributed by atoms with Crippen LogP contribution in [0.3, 0.4) is 0 Å². The quantitative estimate of drug-likeness (QED) is 0.814. The van der Waals surface area contributed by atoms with Crippen molar-refractivity contribution in [2.45, 2.75) is 32.6 Å². The lowest BCUT2D eigenvalue weighted by Gasteiger charge is -2.23. The van der Waals surface area contributed by atoms with Gasteiger partial charge in [-0.05, 0) is 56.2 Å². The van der Waals surface area contributed by atoms with Crippen LogP contribution in [0.4, 0.5) is 5.69 Å². The van der Waals surface area contributed by atoms with Crippen LogP contribution in [-0.2, 0) is 14.8 Å². The molecular formula is C19H23ClN2O3S. The Hall–Kier alpha value is -1.89. The van der Waals surface area contributed by atoms with E-state index in [1.165, 1.54) is 11.8 Å². The van der Waals surface area contributed by atoms with E-state index in [4.69, 9.17) is 11.6 Å². The highest BCUT2D eigenvalue weighted by molar-refractivity contribution is 7.89. The maximum absolute atomic E-state index is 12.5. The Kier molecular flexibility index (Phi) is 6.44. The highest BCUT2D eigenvalue weighted by Gasteiger charge is 2.19. The SMILES string of the molecule is CC(=O)N(CCNS(=O)(=O)c1ccc(C)cc1C)c1ccc(Cl)cc1C. The van der Waals surface area contributed by atoms with E-state index in [2.05, 4.69) is 4.72 Å². The van der Waals surface area contributed by atoms with Gasteiger partial charge in [-0.15, -0.1) is 0 Å². The van der Waals surface area contributed by atoms with Gasteiger partial charge in [0.1, 0.15) is 0 Å². The number of rotatable bonds is 6. The van der Waals surface area contributed by atoms with Gasteiger partial charge in [-0.25, -0.2) is 13.1 Å². The fourth-order valence-electron chi connectivity index (χ4n) is 2.84. The van der Waals surface area contributed by atoms with E-state index in [0.717, 1.165) is 11.1 Å². The molecule has 1 amide bonds. The van der Waals surface area contributed by atoms with E-state index >= 15 is 0 Å². The number of carbonyl (C=O) groups excluding carboxylic acids is 1. The Morgan fingerprint density at radius 2 is 1.77 bits per heavy atom. The maximum Gasteiger partial charge on any atom is 0.240 e. The topological polar surface area (TPSA) is 66.5 Å². The molecule has 2 aromatic carbocycles. The second kappa shape index (κ2) is 8.20. The number of nitrogens with one attached hydrogen (secondary N) is 1. The largest absolute Gasteiger partial charge is 0.311 e. The molecule has 0 aliphatic carbocycles. The van der Waals surface area contributed by atoms with Crippen LogP contribution in [0.2, 0.25) is 5.02 Å². The summed E-state index contributed by atoms with van der Waals surface area (Å²) < 4.78 is 27.6. The summed E-state index contributed by atoms with van der Waals surface area (Å²) in [6.07, 6.45) is 0. The Morgan fingerprint density at radius 3 is 2.35 bits per heavy atom. The molecule has 0 fully saturated rings. The molecule has 0 heterocycles. The molecule has 7 heteroatoms. The molecule has 0 aliphatic rings. The molecule has 0 radical (unpaired) electrons. The Labute approximate surface area is 160 Å².